The molecule has 2 N–H and O–H groups in total. The highest BCUT2D eigenvalue weighted by Crippen LogP contribution is 2.20. The lowest BCUT2D eigenvalue weighted by Crippen LogP contribution is -2.33. The Hall–Kier alpha value is -1.78. The predicted octanol–water partition coefficient (Wildman–Crippen LogP) is 2.07. The van der Waals surface area contributed by atoms with Crippen molar-refractivity contribution < 1.29 is 14.8 Å². The van der Waals surface area contributed by atoms with Gasteiger partial charge in [0.05, 0.1) is 0 Å². The SMILES string of the molecule is CC(C)c1cccc(OCc2ccccc2B(O)O)c1. The summed E-state index contributed by atoms with van der Waals surface area (Å²) >= 11 is 0. The van der Waals surface area contributed by atoms with Crippen LogP contribution in [0, 0.1) is 0 Å². The number of rotatable bonds is 5. The van der Waals surface area contributed by atoms with Crippen LogP contribution in [0.2, 0.25) is 0 Å². The van der Waals surface area contributed by atoms with Gasteiger partial charge in [-0.2, -0.15) is 0 Å². The van der Waals surface area contributed by atoms with Gasteiger partial charge < -0.3 is 14.8 Å². The van der Waals surface area contributed by atoms with Crippen LogP contribution in [-0.2, 0) is 6.61 Å². The molecule has 0 saturated heterocycles. The van der Waals surface area contributed by atoms with Crippen LogP contribution >= 0.6 is 0 Å². The van der Waals surface area contributed by atoms with Crippen LogP contribution in [0.3, 0.4) is 0 Å². The zero-order chi connectivity index (χ0) is 14.5. The Morgan fingerprint density at radius 2 is 1.80 bits per heavy atom. The fourth-order valence-corrected chi connectivity index (χ4v) is 2.04. The Kier molecular flexibility index (Phi) is 4.82. The smallest absolute Gasteiger partial charge is 0.488 e. The van der Waals surface area contributed by atoms with E-state index in [-0.39, 0.29) is 0 Å². The van der Waals surface area contributed by atoms with E-state index in [1.54, 1.807) is 12.1 Å². The third-order valence-electron chi connectivity index (χ3n) is 3.25. The van der Waals surface area contributed by atoms with Gasteiger partial charge in [0.1, 0.15) is 12.4 Å². The fourth-order valence-electron chi connectivity index (χ4n) is 2.04. The summed E-state index contributed by atoms with van der Waals surface area (Å²) in [4.78, 5) is 0. The van der Waals surface area contributed by atoms with Crippen molar-refractivity contribution in [1.82, 2.24) is 0 Å². The predicted molar refractivity (Wildman–Crippen MR) is 81.1 cm³/mol. The summed E-state index contributed by atoms with van der Waals surface area (Å²) in [5.41, 5.74) is 2.47. The first-order valence-electron chi connectivity index (χ1n) is 6.74. The highest BCUT2D eigenvalue weighted by Gasteiger charge is 2.15. The van der Waals surface area contributed by atoms with Crippen molar-refractivity contribution in [3.63, 3.8) is 0 Å². The van der Waals surface area contributed by atoms with Gasteiger partial charge in [0.25, 0.3) is 0 Å². The molecule has 0 bridgehead atoms. The Morgan fingerprint density at radius 1 is 1.05 bits per heavy atom. The van der Waals surface area contributed by atoms with Gasteiger partial charge in [-0.25, -0.2) is 0 Å². The lowest BCUT2D eigenvalue weighted by atomic mass is 9.77. The summed E-state index contributed by atoms with van der Waals surface area (Å²) < 4.78 is 5.75. The molecule has 0 aliphatic heterocycles. The van der Waals surface area contributed by atoms with E-state index in [1.165, 1.54) is 5.56 Å². The maximum atomic E-state index is 9.32. The summed E-state index contributed by atoms with van der Waals surface area (Å²) in [6.45, 7) is 4.59. The minimum Gasteiger partial charge on any atom is -0.489 e. The van der Waals surface area contributed by atoms with E-state index in [0.717, 1.165) is 11.3 Å². The molecule has 2 aromatic rings. The van der Waals surface area contributed by atoms with Crippen LogP contribution < -0.4 is 10.2 Å². The molecule has 2 aromatic carbocycles. The summed E-state index contributed by atoms with van der Waals surface area (Å²) in [6.07, 6.45) is 0. The molecule has 2 rings (SSSR count). The largest absolute Gasteiger partial charge is 0.489 e. The van der Waals surface area contributed by atoms with E-state index in [2.05, 4.69) is 19.9 Å². The van der Waals surface area contributed by atoms with E-state index in [9.17, 15) is 10.0 Å². The molecule has 104 valence electrons. The fraction of sp³-hybridized carbons (Fsp3) is 0.250. The first-order chi connectivity index (χ1) is 9.58. The quantitative estimate of drug-likeness (QED) is 0.818. The molecule has 0 atom stereocenters. The van der Waals surface area contributed by atoms with Gasteiger partial charge in [-0.15, -0.1) is 0 Å². The summed E-state index contributed by atoms with van der Waals surface area (Å²) in [7, 11) is -1.48. The molecule has 20 heavy (non-hydrogen) atoms. The van der Waals surface area contributed by atoms with Crippen LogP contribution in [0.5, 0.6) is 5.75 Å². The van der Waals surface area contributed by atoms with Crippen molar-refractivity contribution in [3.05, 3.63) is 59.7 Å². The first-order valence-corrected chi connectivity index (χ1v) is 6.74. The molecule has 0 aliphatic rings. The molecule has 3 nitrogen and oxygen atoms in total. The standard InChI is InChI=1S/C16H19BO3/c1-12(2)13-7-5-8-15(10-13)20-11-14-6-3-4-9-16(14)17(18)19/h3-10,12,18-19H,11H2,1-2H3. The molecule has 0 radical (unpaired) electrons. The Labute approximate surface area is 120 Å². The van der Waals surface area contributed by atoms with Crippen LogP contribution in [-0.4, -0.2) is 17.2 Å². The van der Waals surface area contributed by atoms with Crippen LogP contribution in [0.1, 0.15) is 30.9 Å². The van der Waals surface area contributed by atoms with Crippen LogP contribution in [0.25, 0.3) is 0 Å². The molecule has 0 aromatic heterocycles. The second-order valence-corrected chi connectivity index (χ2v) is 5.09. The van der Waals surface area contributed by atoms with Crippen molar-refractivity contribution in [2.75, 3.05) is 0 Å². The minimum atomic E-state index is -1.48. The number of hydrogen-bond donors (Lipinski definition) is 2. The Balaban J connectivity index is 2.11. The van der Waals surface area contributed by atoms with Crippen molar-refractivity contribution in [2.24, 2.45) is 0 Å². The normalized spacial score (nSPS) is 10.7. The van der Waals surface area contributed by atoms with Gasteiger partial charge in [-0.1, -0.05) is 50.2 Å². The first kappa shape index (κ1) is 14.6. The molecule has 0 fully saturated rings. The molecular formula is C16H19BO3. The van der Waals surface area contributed by atoms with E-state index < -0.39 is 7.12 Å². The lowest BCUT2D eigenvalue weighted by Gasteiger charge is -2.12. The molecule has 0 spiro atoms. The Bertz CT molecular complexity index is 567. The molecular weight excluding hydrogens is 251 g/mol. The maximum absolute atomic E-state index is 9.32. The van der Waals surface area contributed by atoms with Crippen LogP contribution in [0.4, 0.5) is 0 Å². The third kappa shape index (κ3) is 3.62. The summed E-state index contributed by atoms with van der Waals surface area (Å²) in [5.74, 6) is 1.24. The number of hydrogen-bond acceptors (Lipinski definition) is 3. The Morgan fingerprint density at radius 3 is 2.50 bits per heavy atom. The van der Waals surface area contributed by atoms with E-state index >= 15 is 0 Å². The van der Waals surface area contributed by atoms with Crippen molar-refractivity contribution in [2.45, 2.75) is 26.4 Å². The van der Waals surface area contributed by atoms with Gasteiger partial charge in [0.15, 0.2) is 0 Å². The van der Waals surface area contributed by atoms with Gasteiger partial charge in [-0.05, 0) is 34.6 Å². The van der Waals surface area contributed by atoms with E-state index in [0.29, 0.717) is 18.0 Å². The zero-order valence-electron chi connectivity index (χ0n) is 11.8. The van der Waals surface area contributed by atoms with E-state index in [1.807, 2.05) is 30.3 Å². The van der Waals surface area contributed by atoms with Gasteiger partial charge in [-0.3, -0.25) is 0 Å². The highest BCUT2D eigenvalue weighted by atomic mass is 16.5. The second kappa shape index (κ2) is 6.59. The number of benzene rings is 2. The van der Waals surface area contributed by atoms with Crippen molar-refractivity contribution in [3.8, 4) is 5.75 Å². The summed E-state index contributed by atoms with van der Waals surface area (Å²) in [5, 5.41) is 18.6. The second-order valence-electron chi connectivity index (χ2n) is 5.09. The average Bonchev–Trinajstić information content (AvgIpc) is 2.45. The minimum absolute atomic E-state index is 0.315. The molecule has 0 aliphatic carbocycles. The zero-order valence-corrected chi connectivity index (χ0v) is 11.8. The van der Waals surface area contributed by atoms with Gasteiger partial charge in [0, 0.05) is 0 Å². The maximum Gasteiger partial charge on any atom is 0.488 e. The average molecular weight is 270 g/mol. The van der Waals surface area contributed by atoms with Crippen molar-refractivity contribution in [1.29, 1.82) is 0 Å². The molecule has 0 saturated carbocycles. The third-order valence-corrected chi connectivity index (χ3v) is 3.25. The highest BCUT2D eigenvalue weighted by molar-refractivity contribution is 6.59. The number of ether oxygens (including phenoxy) is 1. The topological polar surface area (TPSA) is 49.7 Å². The molecule has 0 heterocycles. The van der Waals surface area contributed by atoms with Crippen molar-refractivity contribution >= 4 is 12.6 Å². The lowest BCUT2D eigenvalue weighted by molar-refractivity contribution is 0.306. The summed E-state index contributed by atoms with van der Waals surface area (Å²) in [6, 6.07) is 15.1. The monoisotopic (exact) mass is 270 g/mol. The molecule has 0 unspecified atom stereocenters. The van der Waals surface area contributed by atoms with E-state index in [4.69, 9.17) is 4.74 Å². The molecule has 4 heteroatoms. The van der Waals surface area contributed by atoms with Gasteiger partial charge >= 0.3 is 7.12 Å². The van der Waals surface area contributed by atoms with Gasteiger partial charge in [0.2, 0.25) is 0 Å². The molecule has 0 amide bonds. The van der Waals surface area contributed by atoms with Crippen LogP contribution in [0.15, 0.2) is 48.5 Å².